The lowest BCUT2D eigenvalue weighted by molar-refractivity contribution is -0.198. The van der Waals surface area contributed by atoms with Gasteiger partial charge in [0, 0.05) is 5.92 Å². The minimum absolute atomic E-state index is 0.0895. The van der Waals surface area contributed by atoms with Gasteiger partial charge in [0.1, 0.15) is 11.8 Å². The first-order valence-electron chi connectivity index (χ1n) is 11.2. The SMILES string of the molecule is CC[C@@H]1[C@H]2OC[C@@H](c3ccccc3)N2C(=O)[C@@]2(C(=O)OC(C)(C)C)CCC=CC[C@H]12. The first-order valence-corrected chi connectivity index (χ1v) is 11.2. The molecule has 2 saturated heterocycles. The van der Waals surface area contributed by atoms with Gasteiger partial charge in [-0.15, -0.1) is 0 Å². The summed E-state index contributed by atoms with van der Waals surface area (Å²) in [6, 6.07) is 9.83. The minimum Gasteiger partial charge on any atom is -0.459 e. The lowest BCUT2D eigenvalue weighted by atomic mass is 9.61. The van der Waals surface area contributed by atoms with E-state index in [1.54, 1.807) is 0 Å². The maximum Gasteiger partial charge on any atom is 0.322 e. The van der Waals surface area contributed by atoms with Gasteiger partial charge in [0.15, 0.2) is 5.41 Å². The molecule has 5 nitrogen and oxygen atoms in total. The van der Waals surface area contributed by atoms with Crippen molar-refractivity contribution in [3.05, 3.63) is 48.0 Å². The summed E-state index contributed by atoms with van der Waals surface area (Å²) in [5.74, 6) is -0.512. The van der Waals surface area contributed by atoms with Gasteiger partial charge in [0.2, 0.25) is 5.91 Å². The van der Waals surface area contributed by atoms with E-state index in [9.17, 15) is 9.59 Å². The third-order valence-corrected chi connectivity index (χ3v) is 6.85. The van der Waals surface area contributed by atoms with Gasteiger partial charge in [-0.2, -0.15) is 0 Å². The molecule has 1 aromatic carbocycles. The molecule has 1 aliphatic carbocycles. The van der Waals surface area contributed by atoms with Gasteiger partial charge in [-0.25, -0.2) is 0 Å². The summed E-state index contributed by atoms with van der Waals surface area (Å²) in [7, 11) is 0. The number of allylic oxidation sites excluding steroid dienone is 2. The number of rotatable bonds is 3. The summed E-state index contributed by atoms with van der Waals surface area (Å²) in [5, 5.41) is 0. The molecule has 0 spiro atoms. The molecule has 0 N–H and O–H groups in total. The Balaban J connectivity index is 1.81. The van der Waals surface area contributed by atoms with E-state index in [1.165, 1.54) is 0 Å². The number of hydrogen-bond donors (Lipinski definition) is 0. The van der Waals surface area contributed by atoms with Crippen molar-refractivity contribution in [3.63, 3.8) is 0 Å². The molecule has 2 fully saturated rings. The van der Waals surface area contributed by atoms with E-state index in [0.717, 1.165) is 12.0 Å². The van der Waals surface area contributed by atoms with E-state index in [0.29, 0.717) is 25.9 Å². The van der Waals surface area contributed by atoms with Crippen LogP contribution in [0.15, 0.2) is 42.5 Å². The fraction of sp³-hybridized carbons (Fsp3) is 0.600. The van der Waals surface area contributed by atoms with E-state index in [1.807, 2.05) is 56.0 Å². The lowest BCUT2D eigenvalue weighted by Gasteiger charge is -2.51. The molecule has 4 rings (SSSR count). The fourth-order valence-corrected chi connectivity index (χ4v) is 5.54. The van der Waals surface area contributed by atoms with Crippen molar-refractivity contribution in [1.82, 2.24) is 4.90 Å². The van der Waals surface area contributed by atoms with Crippen molar-refractivity contribution < 1.29 is 19.1 Å². The molecule has 162 valence electrons. The van der Waals surface area contributed by atoms with E-state index < -0.39 is 11.0 Å². The van der Waals surface area contributed by atoms with Crippen molar-refractivity contribution in [2.75, 3.05) is 6.61 Å². The van der Waals surface area contributed by atoms with E-state index in [2.05, 4.69) is 19.1 Å². The Labute approximate surface area is 179 Å². The van der Waals surface area contributed by atoms with Gasteiger partial charge >= 0.3 is 5.97 Å². The second-order valence-electron chi connectivity index (χ2n) is 9.76. The third-order valence-electron chi connectivity index (χ3n) is 6.85. The molecule has 0 aromatic heterocycles. The average molecular weight is 412 g/mol. The summed E-state index contributed by atoms with van der Waals surface area (Å²) in [6.07, 6.45) is 6.68. The Hall–Kier alpha value is -2.14. The Morgan fingerprint density at radius 1 is 1.23 bits per heavy atom. The molecule has 1 amide bonds. The van der Waals surface area contributed by atoms with Crippen LogP contribution in [-0.4, -0.2) is 35.2 Å². The first kappa shape index (κ1) is 21.1. The highest BCUT2D eigenvalue weighted by atomic mass is 16.6. The summed E-state index contributed by atoms with van der Waals surface area (Å²) in [6.45, 7) is 8.19. The van der Waals surface area contributed by atoms with Gasteiger partial charge in [0.25, 0.3) is 0 Å². The predicted molar refractivity (Wildman–Crippen MR) is 114 cm³/mol. The third kappa shape index (κ3) is 3.37. The molecule has 5 atom stereocenters. The van der Waals surface area contributed by atoms with Gasteiger partial charge in [0.05, 0.1) is 12.6 Å². The largest absolute Gasteiger partial charge is 0.459 e. The van der Waals surface area contributed by atoms with E-state index >= 15 is 0 Å². The number of nitrogens with zero attached hydrogens (tertiary/aromatic N) is 1. The number of amides is 1. The number of esters is 1. The number of benzene rings is 1. The molecule has 0 saturated carbocycles. The highest BCUT2D eigenvalue weighted by Crippen LogP contribution is 2.55. The number of fused-ring (bicyclic) bond motifs is 2. The zero-order valence-corrected chi connectivity index (χ0v) is 18.5. The highest BCUT2D eigenvalue weighted by molar-refractivity contribution is 6.04. The van der Waals surface area contributed by atoms with Crippen molar-refractivity contribution in [3.8, 4) is 0 Å². The number of piperidine rings is 1. The average Bonchev–Trinajstić information content (AvgIpc) is 3.01. The number of hydrogen-bond acceptors (Lipinski definition) is 4. The molecular weight excluding hydrogens is 378 g/mol. The maximum atomic E-state index is 14.2. The van der Waals surface area contributed by atoms with Crippen LogP contribution in [0.2, 0.25) is 0 Å². The van der Waals surface area contributed by atoms with Gasteiger partial charge in [-0.1, -0.05) is 49.4 Å². The van der Waals surface area contributed by atoms with Crippen LogP contribution in [0.1, 0.15) is 65.0 Å². The van der Waals surface area contributed by atoms with Crippen molar-refractivity contribution in [2.45, 2.75) is 71.2 Å². The van der Waals surface area contributed by atoms with E-state index in [-0.39, 0.29) is 36.0 Å². The molecule has 3 aliphatic rings. The van der Waals surface area contributed by atoms with Crippen LogP contribution < -0.4 is 0 Å². The van der Waals surface area contributed by atoms with Crippen LogP contribution in [0.25, 0.3) is 0 Å². The minimum atomic E-state index is -1.16. The molecule has 2 heterocycles. The monoisotopic (exact) mass is 411 g/mol. The van der Waals surface area contributed by atoms with Gasteiger partial charge < -0.3 is 14.4 Å². The van der Waals surface area contributed by atoms with Gasteiger partial charge in [-0.3, -0.25) is 9.59 Å². The fourth-order valence-electron chi connectivity index (χ4n) is 5.54. The second kappa shape index (κ2) is 7.84. The maximum absolute atomic E-state index is 14.2. The molecule has 1 aromatic rings. The van der Waals surface area contributed by atoms with Crippen LogP contribution in [0.4, 0.5) is 0 Å². The van der Waals surface area contributed by atoms with Crippen molar-refractivity contribution in [1.29, 1.82) is 0 Å². The topological polar surface area (TPSA) is 55.8 Å². The number of carbonyl (C=O) groups is 2. The van der Waals surface area contributed by atoms with Crippen molar-refractivity contribution >= 4 is 11.9 Å². The molecule has 5 heteroatoms. The standard InChI is InChI=1S/C25H33NO4/c1-5-18-19-14-10-7-11-15-25(19,23(28)30-24(2,3)4)22(27)26-20(16-29-21(18)26)17-12-8-6-9-13-17/h6-10,12-13,18-21H,5,11,14-16H2,1-4H3/t18-,19+,20-,21+,25+/m0/s1. The normalized spacial score (nSPS) is 33.6. The second-order valence-corrected chi connectivity index (χ2v) is 9.76. The van der Waals surface area contributed by atoms with Crippen molar-refractivity contribution in [2.24, 2.45) is 17.3 Å². The van der Waals surface area contributed by atoms with Crippen LogP contribution in [0.3, 0.4) is 0 Å². The molecule has 0 bridgehead atoms. The zero-order valence-electron chi connectivity index (χ0n) is 18.5. The Kier molecular flexibility index (Phi) is 5.52. The quantitative estimate of drug-likeness (QED) is 0.413. The molecule has 2 aliphatic heterocycles. The lowest BCUT2D eigenvalue weighted by Crippen LogP contribution is -2.64. The predicted octanol–water partition coefficient (Wildman–Crippen LogP) is 4.64. The highest BCUT2D eigenvalue weighted by Gasteiger charge is 2.65. The van der Waals surface area contributed by atoms with Crippen LogP contribution in [0.5, 0.6) is 0 Å². The Bertz CT molecular complexity index is 827. The first-order chi connectivity index (χ1) is 14.3. The molecule has 0 radical (unpaired) electrons. The summed E-state index contributed by atoms with van der Waals surface area (Å²) >= 11 is 0. The molecular formula is C25H33NO4. The van der Waals surface area contributed by atoms with Crippen LogP contribution >= 0.6 is 0 Å². The summed E-state index contributed by atoms with van der Waals surface area (Å²) < 4.78 is 12.1. The number of carbonyl (C=O) groups excluding carboxylic acids is 2. The summed E-state index contributed by atoms with van der Waals surface area (Å²) in [4.78, 5) is 29.8. The summed E-state index contributed by atoms with van der Waals surface area (Å²) in [5.41, 5.74) is -0.753. The zero-order chi connectivity index (χ0) is 21.5. The Morgan fingerprint density at radius 3 is 2.63 bits per heavy atom. The van der Waals surface area contributed by atoms with Crippen LogP contribution in [-0.2, 0) is 19.1 Å². The Morgan fingerprint density at radius 2 is 1.97 bits per heavy atom. The molecule has 30 heavy (non-hydrogen) atoms. The smallest absolute Gasteiger partial charge is 0.322 e. The number of ether oxygens (including phenoxy) is 2. The van der Waals surface area contributed by atoms with E-state index in [4.69, 9.17) is 9.47 Å². The van der Waals surface area contributed by atoms with Crippen LogP contribution in [0, 0.1) is 17.3 Å². The van der Waals surface area contributed by atoms with Gasteiger partial charge in [-0.05, 0) is 57.9 Å². The molecule has 0 unspecified atom stereocenters.